The molecule has 0 spiro atoms. The summed E-state index contributed by atoms with van der Waals surface area (Å²) in [7, 11) is 0. The minimum Gasteiger partial charge on any atom is -0.508 e. The van der Waals surface area contributed by atoms with Gasteiger partial charge in [0, 0.05) is 18.6 Å². The van der Waals surface area contributed by atoms with E-state index in [4.69, 9.17) is 0 Å². The minimum absolute atomic E-state index is 0.0725. The molecule has 0 radical (unpaired) electrons. The minimum atomic E-state index is -0.454. The molecule has 5 nitrogen and oxygen atoms in total. The van der Waals surface area contributed by atoms with E-state index in [0.717, 1.165) is 17.7 Å². The molecule has 110 valence electrons. The van der Waals surface area contributed by atoms with Gasteiger partial charge in [0.2, 0.25) is 0 Å². The molecule has 0 aliphatic rings. The SMILES string of the molecule is O=C(CCc1ccc(O)c(Br)c1)c1c(O)cc(O)cc1O. The lowest BCUT2D eigenvalue weighted by molar-refractivity contribution is 0.0977. The van der Waals surface area contributed by atoms with Crippen molar-refractivity contribution in [1.82, 2.24) is 0 Å². The van der Waals surface area contributed by atoms with Crippen molar-refractivity contribution >= 4 is 21.7 Å². The number of halogens is 1. The van der Waals surface area contributed by atoms with Crippen molar-refractivity contribution in [3.8, 4) is 23.0 Å². The number of aromatic hydroxyl groups is 4. The van der Waals surface area contributed by atoms with Gasteiger partial charge in [0.1, 0.15) is 28.6 Å². The zero-order chi connectivity index (χ0) is 15.6. The second kappa shape index (κ2) is 6.05. The third kappa shape index (κ3) is 3.46. The number of carbonyl (C=O) groups excluding carboxylic acids is 1. The maximum atomic E-state index is 12.1. The van der Waals surface area contributed by atoms with E-state index >= 15 is 0 Å². The molecule has 0 aromatic heterocycles. The van der Waals surface area contributed by atoms with Gasteiger partial charge in [0.15, 0.2) is 5.78 Å². The first-order chi connectivity index (χ1) is 9.88. The maximum Gasteiger partial charge on any atom is 0.170 e. The van der Waals surface area contributed by atoms with E-state index in [2.05, 4.69) is 15.9 Å². The Morgan fingerprint density at radius 1 is 0.952 bits per heavy atom. The lowest BCUT2D eigenvalue weighted by Crippen LogP contribution is -2.02. The van der Waals surface area contributed by atoms with Gasteiger partial charge >= 0.3 is 0 Å². The van der Waals surface area contributed by atoms with E-state index in [1.807, 2.05) is 0 Å². The van der Waals surface area contributed by atoms with Crippen LogP contribution in [0.3, 0.4) is 0 Å². The lowest BCUT2D eigenvalue weighted by atomic mass is 10.0. The second-order valence-corrected chi connectivity index (χ2v) is 5.42. The number of aryl methyl sites for hydroxylation is 1. The predicted octanol–water partition coefficient (Wildman–Crippen LogP) is 3.09. The van der Waals surface area contributed by atoms with Gasteiger partial charge in [-0.15, -0.1) is 0 Å². The second-order valence-electron chi connectivity index (χ2n) is 4.57. The highest BCUT2D eigenvalue weighted by molar-refractivity contribution is 9.10. The standard InChI is InChI=1S/C15H13BrO5/c16-10-5-8(1-3-11(10)18)2-4-12(19)15-13(20)6-9(17)7-14(15)21/h1,3,5-7,17-18,20-21H,2,4H2. The van der Waals surface area contributed by atoms with Crippen LogP contribution in [-0.4, -0.2) is 26.2 Å². The number of phenolic OH excluding ortho intramolecular Hbond substituents is 4. The highest BCUT2D eigenvalue weighted by Gasteiger charge is 2.17. The van der Waals surface area contributed by atoms with Crippen LogP contribution in [0, 0.1) is 0 Å². The van der Waals surface area contributed by atoms with Gasteiger partial charge in [-0.3, -0.25) is 4.79 Å². The van der Waals surface area contributed by atoms with Gasteiger partial charge in [-0.05, 0) is 40.0 Å². The van der Waals surface area contributed by atoms with Crippen molar-refractivity contribution in [1.29, 1.82) is 0 Å². The van der Waals surface area contributed by atoms with Crippen LogP contribution in [0.5, 0.6) is 23.0 Å². The third-order valence-corrected chi connectivity index (χ3v) is 3.65. The lowest BCUT2D eigenvalue weighted by Gasteiger charge is -2.08. The number of hydrogen-bond acceptors (Lipinski definition) is 5. The highest BCUT2D eigenvalue weighted by Crippen LogP contribution is 2.33. The molecule has 2 aromatic carbocycles. The molecule has 0 unspecified atom stereocenters. The Morgan fingerprint density at radius 2 is 1.57 bits per heavy atom. The van der Waals surface area contributed by atoms with Crippen LogP contribution >= 0.6 is 15.9 Å². The molecule has 0 fully saturated rings. The molecule has 21 heavy (non-hydrogen) atoms. The molecule has 4 N–H and O–H groups in total. The molecule has 6 heteroatoms. The number of ketones is 1. The summed E-state index contributed by atoms with van der Waals surface area (Å²) < 4.78 is 0.530. The summed E-state index contributed by atoms with van der Waals surface area (Å²) >= 11 is 3.19. The number of benzene rings is 2. The summed E-state index contributed by atoms with van der Waals surface area (Å²) in [6, 6.07) is 6.90. The van der Waals surface area contributed by atoms with Gasteiger partial charge in [0.05, 0.1) is 4.47 Å². The topological polar surface area (TPSA) is 98.0 Å². The number of phenols is 4. The normalized spacial score (nSPS) is 10.5. The van der Waals surface area contributed by atoms with Gasteiger partial charge in [-0.2, -0.15) is 0 Å². The average Bonchev–Trinajstić information content (AvgIpc) is 2.39. The third-order valence-electron chi connectivity index (χ3n) is 3.01. The van der Waals surface area contributed by atoms with E-state index in [-0.39, 0.29) is 23.5 Å². The number of rotatable bonds is 4. The van der Waals surface area contributed by atoms with E-state index < -0.39 is 17.3 Å². The van der Waals surface area contributed by atoms with Crippen LogP contribution in [0.1, 0.15) is 22.3 Å². The Bertz CT molecular complexity index is 673. The Hall–Kier alpha value is -2.21. The number of carbonyl (C=O) groups is 1. The Labute approximate surface area is 129 Å². The van der Waals surface area contributed by atoms with Crippen LogP contribution < -0.4 is 0 Å². The predicted molar refractivity (Wildman–Crippen MR) is 79.9 cm³/mol. The zero-order valence-corrected chi connectivity index (χ0v) is 12.5. The molecule has 0 bridgehead atoms. The fourth-order valence-electron chi connectivity index (χ4n) is 1.97. The van der Waals surface area contributed by atoms with Gasteiger partial charge < -0.3 is 20.4 Å². The van der Waals surface area contributed by atoms with Crippen molar-refractivity contribution < 1.29 is 25.2 Å². The molecule has 0 heterocycles. The quantitative estimate of drug-likeness (QED) is 0.634. The average molecular weight is 353 g/mol. The summed E-state index contributed by atoms with van der Waals surface area (Å²) in [6.07, 6.45) is 0.459. The first-order valence-corrected chi connectivity index (χ1v) is 6.93. The van der Waals surface area contributed by atoms with E-state index in [1.165, 1.54) is 6.07 Å². The van der Waals surface area contributed by atoms with Crippen LogP contribution in [-0.2, 0) is 6.42 Å². The monoisotopic (exact) mass is 352 g/mol. The van der Waals surface area contributed by atoms with Crippen LogP contribution in [0.2, 0.25) is 0 Å². The Balaban J connectivity index is 2.13. The van der Waals surface area contributed by atoms with Crippen molar-refractivity contribution in [2.75, 3.05) is 0 Å². The number of Topliss-reactive ketones (excluding diaryl/α,β-unsaturated/α-hetero) is 1. The molecular weight excluding hydrogens is 340 g/mol. The van der Waals surface area contributed by atoms with E-state index in [0.29, 0.717) is 10.9 Å². The van der Waals surface area contributed by atoms with E-state index in [1.54, 1.807) is 12.1 Å². The largest absolute Gasteiger partial charge is 0.508 e. The highest BCUT2D eigenvalue weighted by atomic mass is 79.9. The molecular formula is C15H13BrO5. The van der Waals surface area contributed by atoms with Crippen molar-refractivity contribution in [3.05, 3.63) is 45.9 Å². The molecule has 0 aliphatic carbocycles. The molecule has 0 saturated carbocycles. The number of hydrogen-bond donors (Lipinski definition) is 4. The summed E-state index contributed by atoms with van der Waals surface area (Å²) in [5.74, 6) is -1.55. The fraction of sp³-hybridized carbons (Fsp3) is 0.133. The van der Waals surface area contributed by atoms with Crippen LogP contribution in [0.15, 0.2) is 34.8 Å². The van der Waals surface area contributed by atoms with Gasteiger partial charge in [-0.1, -0.05) is 6.07 Å². The first-order valence-electron chi connectivity index (χ1n) is 6.14. The first kappa shape index (κ1) is 15.2. The molecule has 0 aliphatic heterocycles. The smallest absolute Gasteiger partial charge is 0.170 e. The molecule has 2 rings (SSSR count). The molecule has 0 atom stereocenters. The van der Waals surface area contributed by atoms with Crippen LogP contribution in [0.4, 0.5) is 0 Å². The Kier molecular flexibility index (Phi) is 4.37. The Morgan fingerprint density at radius 3 is 2.14 bits per heavy atom. The molecule has 2 aromatic rings. The molecule has 0 saturated heterocycles. The fourth-order valence-corrected chi connectivity index (χ4v) is 2.40. The van der Waals surface area contributed by atoms with E-state index in [9.17, 15) is 25.2 Å². The summed E-state index contributed by atoms with van der Waals surface area (Å²) in [4.78, 5) is 12.1. The maximum absolute atomic E-state index is 12.1. The van der Waals surface area contributed by atoms with Gasteiger partial charge in [-0.25, -0.2) is 0 Å². The molecule has 0 amide bonds. The van der Waals surface area contributed by atoms with Crippen molar-refractivity contribution in [2.24, 2.45) is 0 Å². The van der Waals surface area contributed by atoms with Crippen molar-refractivity contribution in [3.63, 3.8) is 0 Å². The van der Waals surface area contributed by atoms with Crippen molar-refractivity contribution in [2.45, 2.75) is 12.8 Å². The summed E-state index contributed by atoms with van der Waals surface area (Å²) in [5.41, 5.74) is 0.622. The van der Waals surface area contributed by atoms with Crippen LogP contribution in [0.25, 0.3) is 0 Å². The summed E-state index contributed by atoms with van der Waals surface area (Å²) in [6.45, 7) is 0. The summed E-state index contributed by atoms with van der Waals surface area (Å²) in [5, 5.41) is 37.9. The van der Waals surface area contributed by atoms with Gasteiger partial charge in [0.25, 0.3) is 0 Å². The zero-order valence-electron chi connectivity index (χ0n) is 10.9.